The summed E-state index contributed by atoms with van der Waals surface area (Å²) in [5.74, 6) is 2.73. The molecular formula is C46H56O2Si3. The molecule has 2 fully saturated rings. The van der Waals surface area contributed by atoms with Crippen LogP contribution in [0.1, 0.15) is 109 Å². The van der Waals surface area contributed by atoms with E-state index < -0.39 is 26.2 Å². The molecule has 2 nitrogen and oxygen atoms in total. The first kappa shape index (κ1) is 34.7. The summed E-state index contributed by atoms with van der Waals surface area (Å²) in [6.45, 7) is 9.83. The Morgan fingerprint density at radius 2 is 0.843 bits per heavy atom. The van der Waals surface area contributed by atoms with Gasteiger partial charge < -0.3 is 8.85 Å². The molecule has 0 bridgehead atoms. The van der Waals surface area contributed by atoms with E-state index in [1.54, 1.807) is 0 Å². The van der Waals surface area contributed by atoms with Gasteiger partial charge in [0.15, 0.2) is 0 Å². The highest BCUT2D eigenvalue weighted by atomic mass is 28.4. The highest BCUT2D eigenvalue weighted by molar-refractivity contribution is 6.73. The van der Waals surface area contributed by atoms with Crippen LogP contribution in [0.2, 0.25) is 37.3 Å². The molecule has 2 atom stereocenters. The van der Waals surface area contributed by atoms with Crippen LogP contribution in [-0.4, -0.2) is 26.2 Å². The van der Waals surface area contributed by atoms with Crippen LogP contribution in [0.25, 0.3) is 12.2 Å². The number of hydrogen-bond donors (Lipinski definition) is 0. The summed E-state index contributed by atoms with van der Waals surface area (Å²) in [6, 6.07) is 37.0. The second-order valence-corrected chi connectivity index (χ2v) is 27.4. The Morgan fingerprint density at radius 1 is 0.471 bits per heavy atom. The van der Waals surface area contributed by atoms with Crippen molar-refractivity contribution in [3.63, 3.8) is 0 Å². The van der Waals surface area contributed by atoms with Crippen LogP contribution in [0.5, 0.6) is 0 Å². The van der Waals surface area contributed by atoms with Crippen molar-refractivity contribution in [1.29, 1.82) is 0 Å². The van der Waals surface area contributed by atoms with E-state index in [2.05, 4.69) is 135 Å². The molecule has 0 radical (unpaired) electrons. The minimum Gasteiger partial charge on any atom is -0.546 e. The van der Waals surface area contributed by atoms with E-state index in [1.165, 1.54) is 119 Å². The van der Waals surface area contributed by atoms with Gasteiger partial charge in [0, 0.05) is 0 Å². The molecular weight excluding hydrogens is 669 g/mol. The molecule has 4 aromatic rings. The van der Waals surface area contributed by atoms with Crippen molar-refractivity contribution < 1.29 is 8.85 Å². The average Bonchev–Trinajstić information content (AvgIpc) is 3.70. The lowest BCUT2D eigenvalue weighted by molar-refractivity contribution is 0.360. The molecule has 0 aliphatic heterocycles. The first-order valence-corrected chi connectivity index (χ1v) is 27.3. The van der Waals surface area contributed by atoms with Crippen molar-refractivity contribution in [1.82, 2.24) is 0 Å². The van der Waals surface area contributed by atoms with Gasteiger partial charge in [0.1, 0.15) is 0 Å². The van der Waals surface area contributed by atoms with E-state index in [0.29, 0.717) is 0 Å². The van der Waals surface area contributed by atoms with E-state index in [-0.39, 0.29) is 11.8 Å². The third-order valence-electron chi connectivity index (χ3n) is 12.8. The standard InChI is InChI=1S/C46H56O2Si3/c1-50(2,39-17-7-5-8-18-39)47-43-31-35-15-11-13-21-41(35)45(43)33-23-27-37(28-24-33)49-38-29-25-34(26-30-38)46-42-22-14-12-16-36(42)32-44(46)48-51(3,4)40-19-9-6-10-20-40/h11-16,21-32,39-40,45-46H,5-10,17-20,49H2,1-4H3. The van der Waals surface area contributed by atoms with E-state index in [9.17, 15) is 0 Å². The summed E-state index contributed by atoms with van der Waals surface area (Å²) in [6.07, 6.45) is 18.3. The van der Waals surface area contributed by atoms with Gasteiger partial charge in [0.25, 0.3) is 0 Å². The molecule has 0 N–H and O–H groups in total. The summed E-state index contributed by atoms with van der Waals surface area (Å²) >= 11 is 0. The quantitative estimate of drug-likeness (QED) is 0.152. The smallest absolute Gasteiger partial charge is 0.247 e. The van der Waals surface area contributed by atoms with Gasteiger partial charge in [-0.05, 0) is 108 Å². The first-order valence-electron chi connectivity index (χ1n) is 19.9. The topological polar surface area (TPSA) is 18.5 Å². The van der Waals surface area contributed by atoms with E-state index in [4.69, 9.17) is 8.85 Å². The van der Waals surface area contributed by atoms with Crippen LogP contribution in [0, 0.1) is 0 Å². The van der Waals surface area contributed by atoms with Crippen LogP contribution < -0.4 is 10.4 Å². The van der Waals surface area contributed by atoms with Gasteiger partial charge in [-0.3, -0.25) is 0 Å². The molecule has 0 heterocycles. The summed E-state index contributed by atoms with van der Waals surface area (Å²) in [4.78, 5) is 0. The fourth-order valence-corrected chi connectivity index (χ4v) is 16.6. The minimum absolute atomic E-state index is 0.191. The molecule has 2 unspecified atom stereocenters. The molecule has 0 spiro atoms. The summed E-state index contributed by atoms with van der Waals surface area (Å²) in [5, 5.41) is 2.97. The molecule has 0 amide bonds. The van der Waals surface area contributed by atoms with E-state index in [0.717, 1.165) is 11.1 Å². The van der Waals surface area contributed by atoms with Crippen LogP contribution in [0.4, 0.5) is 0 Å². The third-order valence-corrected chi connectivity index (χ3v) is 21.1. The second kappa shape index (κ2) is 14.6. The highest BCUT2D eigenvalue weighted by Crippen LogP contribution is 2.47. The van der Waals surface area contributed by atoms with E-state index in [1.807, 2.05) is 0 Å². The SMILES string of the molecule is C[Si](C)(OC1=Cc2ccccc2C1c1ccc([SiH2]c2ccc(C3C(O[Si](C)(C)C4CCCCC4)=Cc4ccccc43)cc2)cc1)C1CCCCC1. The zero-order valence-corrected chi connectivity index (χ0v) is 34.7. The van der Waals surface area contributed by atoms with Gasteiger partial charge in [-0.1, -0.05) is 146 Å². The van der Waals surface area contributed by atoms with Gasteiger partial charge in [-0.2, -0.15) is 0 Å². The molecule has 2 saturated carbocycles. The lowest BCUT2D eigenvalue weighted by atomic mass is 9.92. The molecule has 8 rings (SSSR count). The van der Waals surface area contributed by atoms with Crippen molar-refractivity contribution in [2.75, 3.05) is 0 Å². The predicted octanol–water partition coefficient (Wildman–Crippen LogP) is 10.9. The fourth-order valence-electron chi connectivity index (χ4n) is 9.72. The monoisotopic (exact) mass is 724 g/mol. The Balaban J connectivity index is 0.984. The third kappa shape index (κ3) is 7.31. The van der Waals surface area contributed by atoms with Gasteiger partial charge in [0.05, 0.1) is 32.9 Å². The van der Waals surface area contributed by atoms with Crippen molar-refractivity contribution in [2.24, 2.45) is 0 Å². The number of rotatable bonds is 10. The van der Waals surface area contributed by atoms with Gasteiger partial charge in [-0.15, -0.1) is 0 Å². The molecule has 0 saturated heterocycles. The molecule has 0 aromatic heterocycles. The lowest BCUT2D eigenvalue weighted by Crippen LogP contribution is -2.38. The average molecular weight is 725 g/mol. The second-order valence-electron chi connectivity index (χ2n) is 17.0. The highest BCUT2D eigenvalue weighted by Gasteiger charge is 2.41. The van der Waals surface area contributed by atoms with Crippen LogP contribution in [0.15, 0.2) is 109 Å². The molecule has 4 aliphatic carbocycles. The van der Waals surface area contributed by atoms with Crippen LogP contribution in [0.3, 0.4) is 0 Å². The van der Waals surface area contributed by atoms with Crippen molar-refractivity contribution >= 4 is 48.7 Å². The van der Waals surface area contributed by atoms with Crippen molar-refractivity contribution in [3.05, 3.63) is 142 Å². The summed E-state index contributed by atoms with van der Waals surface area (Å²) < 4.78 is 14.3. The number of benzene rings is 4. The number of hydrogen-bond acceptors (Lipinski definition) is 2. The minimum atomic E-state index is -1.87. The molecule has 51 heavy (non-hydrogen) atoms. The Bertz CT molecular complexity index is 1750. The van der Waals surface area contributed by atoms with Crippen LogP contribution in [-0.2, 0) is 8.85 Å². The lowest BCUT2D eigenvalue weighted by Gasteiger charge is -2.37. The zero-order valence-electron chi connectivity index (χ0n) is 31.3. The first-order chi connectivity index (χ1) is 24.7. The Labute approximate surface area is 311 Å². The normalized spacial score (nSPS) is 21.3. The number of allylic oxidation sites excluding steroid dienone is 2. The predicted molar refractivity (Wildman–Crippen MR) is 224 cm³/mol. The van der Waals surface area contributed by atoms with Gasteiger partial charge in [-0.25, -0.2) is 0 Å². The van der Waals surface area contributed by atoms with Crippen molar-refractivity contribution in [2.45, 2.75) is 113 Å². The zero-order chi connectivity index (χ0) is 35.0. The Morgan fingerprint density at radius 3 is 1.24 bits per heavy atom. The van der Waals surface area contributed by atoms with Gasteiger partial charge >= 0.3 is 0 Å². The molecule has 264 valence electrons. The summed E-state index contributed by atoms with van der Waals surface area (Å²) in [5.41, 5.74) is 9.62. The van der Waals surface area contributed by atoms with E-state index >= 15 is 0 Å². The number of fused-ring (bicyclic) bond motifs is 2. The maximum absolute atomic E-state index is 7.15. The van der Waals surface area contributed by atoms with Crippen LogP contribution >= 0.6 is 0 Å². The Hall–Kier alpha value is -3.39. The largest absolute Gasteiger partial charge is 0.546 e. The van der Waals surface area contributed by atoms with Gasteiger partial charge in [0.2, 0.25) is 16.6 Å². The molecule has 5 heteroatoms. The van der Waals surface area contributed by atoms with Crippen molar-refractivity contribution in [3.8, 4) is 0 Å². The molecule has 4 aliphatic rings. The summed E-state index contributed by atoms with van der Waals surface area (Å²) in [7, 11) is -4.36. The maximum atomic E-state index is 7.15. The molecule has 4 aromatic carbocycles. The maximum Gasteiger partial charge on any atom is 0.247 e. The Kier molecular flexibility index (Phi) is 9.90. The fraction of sp³-hybridized carbons (Fsp3) is 0.391.